The number of rotatable bonds is 4. The highest BCUT2D eigenvalue weighted by atomic mass is 32.1. The highest BCUT2D eigenvalue weighted by molar-refractivity contribution is 7.80. The molecule has 0 aromatic heterocycles. The normalized spacial score (nSPS) is 22.6. The summed E-state index contributed by atoms with van der Waals surface area (Å²) in [6, 6.07) is 6.28. The van der Waals surface area contributed by atoms with Crippen LogP contribution in [0, 0.1) is 6.92 Å². The summed E-state index contributed by atoms with van der Waals surface area (Å²) >= 11 is 5.18. The van der Waals surface area contributed by atoms with Crippen molar-refractivity contribution in [2.45, 2.75) is 25.5 Å². The molecule has 0 spiro atoms. The molecular formula is C15H23N3OS. The van der Waals surface area contributed by atoms with Crippen LogP contribution in [0.2, 0.25) is 0 Å². The van der Waals surface area contributed by atoms with E-state index >= 15 is 0 Å². The fourth-order valence-electron chi connectivity index (χ4n) is 3.00. The smallest absolute Gasteiger partial charge is 0.106 e. The second-order valence-electron chi connectivity index (χ2n) is 5.79. The molecule has 5 heteroatoms. The van der Waals surface area contributed by atoms with Crippen LogP contribution in [0.4, 0.5) is 5.69 Å². The number of benzene rings is 1. The number of para-hydroxylation sites is 1. The van der Waals surface area contributed by atoms with Crippen molar-refractivity contribution in [2.24, 2.45) is 5.73 Å². The number of aryl methyl sites for hydroxylation is 1. The van der Waals surface area contributed by atoms with Gasteiger partial charge in [0.05, 0.1) is 11.8 Å². The molecule has 1 aliphatic rings. The Hall–Kier alpha value is -1.17. The number of nitrogens with zero attached hydrogens (tertiary/aromatic N) is 2. The lowest BCUT2D eigenvalue weighted by Crippen LogP contribution is -2.39. The van der Waals surface area contributed by atoms with Crippen molar-refractivity contribution in [1.82, 2.24) is 4.90 Å². The van der Waals surface area contributed by atoms with Crippen molar-refractivity contribution in [2.75, 3.05) is 32.1 Å². The van der Waals surface area contributed by atoms with Crippen LogP contribution in [-0.2, 0) is 0 Å². The topological polar surface area (TPSA) is 52.7 Å². The van der Waals surface area contributed by atoms with Gasteiger partial charge in [0.2, 0.25) is 0 Å². The highest BCUT2D eigenvalue weighted by Gasteiger charge is 2.33. The van der Waals surface area contributed by atoms with Gasteiger partial charge in [-0.25, -0.2) is 0 Å². The predicted molar refractivity (Wildman–Crippen MR) is 87.4 cm³/mol. The molecule has 1 heterocycles. The first-order chi connectivity index (χ1) is 9.40. The Morgan fingerprint density at radius 1 is 1.50 bits per heavy atom. The number of nitrogens with two attached hydrogens (primary N) is 1. The minimum Gasteiger partial charge on any atom is -0.391 e. The van der Waals surface area contributed by atoms with Crippen molar-refractivity contribution in [3.63, 3.8) is 0 Å². The maximum absolute atomic E-state index is 10.0. The molecule has 20 heavy (non-hydrogen) atoms. The molecule has 0 amide bonds. The third-order valence-electron chi connectivity index (χ3n) is 3.76. The molecule has 2 unspecified atom stereocenters. The highest BCUT2D eigenvalue weighted by Crippen LogP contribution is 2.32. The quantitative estimate of drug-likeness (QED) is 0.815. The van der Waals surface area contributed by atoms with E-state index in [-0.39, 0.29) is 12.1 Å². The molecule has 0 radical (unpaired) electrons. The van der Waals surface area contributed by atoms with Gasteiger partial charge in [0.15, 0.2) is 0 Å². The first-order valence-electron chi connectivity index (χ1n) is 6.89. The van der Waals surface area contributed by atoms with E-state index in [1.165, 1.54) is 0 Å². The van der Waals surface area contributed by atoms with Gasteiger partial charge in [-0.2, -0.15) is 0 Å². The molecule has 1 saturated heterocycles. The minimum atomic E-state index is -0.293. The summed E-state index contributed by atoms with van der Waals surface area (Å²) in [5, 5.41) is 10.0. The van der Waals surface area contributed by atoms with Gasteiger partial charge in [-0.15, -0.1) is 0 Å². The molecule has 4 nitrogen and oxygen atoms in total. The summed E-state index contributed by atoms with van der Waals surface area (Å²) in [6.45, 7) is 3.61. The molecule has 0 aliphatic carbocycles. The number of hydrogen-bond donors (Lipinski definition) is 2. The Morgan fingerprint density at radius 2 is 2.20 bits per heavy atom. The molecule has 3 N–H and O–H groups in total. The Bertz CT molecular complexity index is 504. The van der Waals surface area contributed by atoms with Crippen LogP contribution >= 0.6 is 12.2 Å². The number of likely N-dealkylation sites (N-methyl/N-ethyl adjacent to an activating group) is 1. The maximum Gasteiger partial charge on any atom is 0.106 e. The zero-order chi connectivity index (χ0) is 14.9. The lowest BCUT2D eigenvalue weighted by molar-refractivity contribution is 0.191. The van der Waals surface area contributed by atoms with Crippen LogP contribution in [-0.4, -0.2) is 54.3 Å². The van der Waals surface area contributed by atoms with Gasteiger partial charge in [0.1, 0.15) is 4.99 Å². The average Bonchev–Trinajstić information content (AvgIpc) is 2.68. The standard InChI is InChI=1S/C15H23N3OS/c1-10-5-4-6-13(15(16)20)14(10)18-9-12(19)7-11(18)8-17(2)3/h4-6,11-12,19H,7-9H2,1-3H3,(H2,16,20). The summed E-state index contributed by atoms with van der Waals surface area (Å²) in [7, 11) is 4.10. The summed E-state index contributed by atoms with van der Waals surface area (Å²) in [4.78, 5) is 4.82. The third kappa shape index (κ3) is 3.11. The number of anilines is 1. The predicted octanol–water partition coefficient (Wildman–Crippen LogP) is 1.13. The number of aliphatic hydroxyl groups excluding tert-OH is 1. The van der Waals surface area contributed by atoms with Crippen LogP contribution < -0.4 is 10.6 Å². The Labute approximate surface area is 126 Å². The average molecular weight is 293 g/mol. The van der Waals surface area contributed by atoms with Crippen molar-refractivity contribution < 1.29 is 5.11 Å². The Kier molecular flexibility index (Phi) is 4.62. The van der Waals surface area contributed by atoms with Gasteiger partial charge >= 0.3 is 0 Å². The minimum absolute atomic E-state index is 0.286. The Morgan fingerprint density at radius 3 is 2.80 bits per heavy atom. The van der Waals surface area contributed by atoms with Crippen molar-refractivity contribution >= 4 is 22.9 Å². The van der Waals surface area contributed by atoms with Crippen molar-refractivity contribution in [3.8, 4) is 0 Å². The molecular weight excluding hydrogens is 270 g/mol. The van der Waals surface area contributed by atoms with E-state index < -0.39 is 0 Å². The lowest BCUT2D eigenvalue weighted by Gasteiger charge is -2.31. The summed E-state index contributed by atoms with van der Waals surface area (Å²) < 4.78 is 0. The van der Waals surface area contributed by atoms with E-state index in [0.29, 0.717) is 11.5 Å². The van der Waals surface area contributed by atoms with E-state index in [1.807, 2.05) is 12.1 Å². The SMILES string of the molecule is Cc1cccc(C(N)=S)c1N1CC(O)CC1CN(C)C. The number of thiocarbonyl (C=S) groups is 1. The zero-order valence-electron chi connectivity index (χ0n) is 12.3. The molecule has 2 atom stereocenters. The second-order valence-corrected chi connectivity index (χ2v) is 6.23. The summed E-state index contributed by atoms with van der Waals surface area (Å²) in [6.07, 6.45) is 0.488. The number of aliphatic hydroxyl groups is 1. The van der Waals surface area contributed by atoms with Crippen LogP contribution in [0.5, 0.6) is 0 Å². The first kappa shape index (κ1) is 15.2. The molecule has 1 aliphatic heterocycles. The molecule has 1 aromatic carbocycles. The maximum atomic E-state index is 10.0. The third-order valence-corrected chi connectivity index (χ3v) is 3.98. The van der Waals surface area contributed by atoms with Gasteiger partial charge in [-0.1, -0.05) is 24.4 Å². The lowest BCUT2D eigenvalue weighted by atomic mass is 10.1. The number of β-amino-alcohol motifs (C(OH)–C–C–N with tert-alkyl or cyclic N) is 1. The van der Waals surface area contributed by atoms with Crippen LogP contribution in [0.1, 0.15) is 17.5 Å². The molecule has 0 saturated carbocycles. The molecule has 2 rings (SSSR count). The van der Waals surface area contributed by atoms with E-state index in [4.69, 9.17) is 18.0 Å². The van der Waals surface area contributed by atoms with E-state index in [9.17, 15) is 5.11 Å². The van der Waals surface area contributed by atoms with Gasteiger partial charge in [-0.3, -0.25) is 0 Å². The fourth-order valence-corrected chi connectivity index (χ4v) is 3.16. The van der Waals surface area contributed by atoms with E-state index in [2.05, 4.69) is 36.9 Å². The summed E-state index contributed by atoms with van der Waals surface area (Å²) in [5.41, 5.74) is 8.98. The van der Waals surface area contributed by atoms with Crippen LogP contribution in [0.25, 0.3) is 0 Å². The van der Waals surface area contributed by atoms with E-state index in [1.54, 1.807) is 0 Å². The Balaban J connectivity index is 2.41. The first-order valence-corrected chi connectivity index (χ1v) is 7.29. The van der Waals surface area contributed by atoms with Crippen molar-refractivity contribution in [3.05, 3.63) is 29.3 Å². The monoisotopic (exact) mass is 293 g/mol. The molecule has 1 aromatic rings. The number of hydrogen-bond acceptors (Lipinski definition) is 4. The van der Waals surface area contributed by atoms with Gasteiger partial charge < -0.3 is 20.6 Å². The molecule has 110 valence electrons. The van der Waals surface area contributed by atoms with Crippen LogP contribution in [0.15, 0.2) is 18.2 Å². The second kappa shape index (κ2) is 6.08. The van der Waals surface area contributed by atoms with Gasteiger partial charge in [-0.05, 0) is 39.1 Å². The largest absolute Gasteiger partial charge is 0.391 e. The van der Waals surface area contributed by atoms with Crippen molar-refractivity contribution in [1.29, 1.82) is 0 Å². The molecule has 0 bridgehead atoms. The zero-order valence-corrected chi connectivity index (χ0v) is 13.2. The fraction of sp³-hybridized carbons (Fsp3) is 0.533. The van der Waals surface area contributed by atoms with Gasteiger partial charge in [0.25, 0.3) is 0 Å². The van der Waals surface area contributed by atoms with Gasteiger partial charge in [0, 0.05) is 24.7 Å². The molecule has 1 fully saturated rings. The van der Waals surface area contributed by atoms with Crippen LogP contribution in [0.3, 0.4) is 0 Å². The van der Waals surface area contributed by atoms with E-state index in [0.717, 1.165) is 29.8 Å². The summed E-state index contributed by atoms with van der Waals surface area (Å²) in [5.74, 6) is 0.